The van der Waals surface area contributed by atoms with Crippen LogP contribution in [0, 0.1) is 12.8 Å². The van der Waals surface area contributed by atoms with E-state index in [9.17, 15) is 14.7 Å². The number of para-hydroxylation sites is 1. The first-order valence-corrected chi connectivity index (χ1v) is 7.86. The molecule has 0 unspecified atom stereocenters. The third-order valence-electron chi connectivity index (χ3n) is 3.76. The summed E-state index contributed by atoms with van der Waals surface area (Å²) >= 11 is 0. The molecule has 1 heterocycles. The van der Waals surface area contributed by atoms with Crippen molar-refractivity contribution in [2.45, 2.75) is 39.3 Å². The van der Waals surface area contributed by atoms with Crippen molar-refractivity contribution in [2.75, 3.05) is 18.5 Å². The highest BCUT2D eigenvalue weighted by Crippen LogP contribution is 2.22. The standard InChI is InChI=1S/C17H24N2O4/c1-11(2)10-23-17(22)19-9-13(20)8-15(19)16(21)18-14-7-5-4-6-12(14)3/h4-7,11,13,15,20H,8-10H2,1-3H3,(H,18,21)/t13-,15-/m1/s1. The number of rotatable bonds is 4. The molecule has 1 aromatic rings. The summed E-state index contributed by atoms with van der Waals surface area (Å²) in [5, 5.41) is 12.7. The number of ether oxygens (including phenoxy) is 1. The molecule has 6 nitrogen and oxygen atoms in total. The van der Waals surface area contributed by atoms with Gasteiger partial charge in [-0.15, -0.1) is 0 Å². The van der Waals surface area contributed by atoms with E-state index in [-0.39, 0.29) is 31.4 Å². The molecule has 0 aliphatic carbocycles. The summed E-state index contributed by atoms with van der Waals surface area (Å²) in [5.74, 6) is -0.0944. The number of amides is 2. The molecule has 126 valence electrons. The summed E-state index contributed by atoms with van der Waals surface area (Å²) < 4.78 is 5.19. The van der Waals surface area contributed by atoms with Crippen molar-refractivity contribution >= 4 is 17.7 Å². The zero-order valence-corrected chi connectivity index (χ0v) is 13.8. The van der Waals surface area contributed by atoms with Gasteiger partial charge in [-0.2, -0.15) is 0 Å². The third-order valence-corrected chi connectivity index (χ3v) is 3.76. The Morgan fingerprint density at radius 3 is 2.74 bits per heavy atom. The topological polar surface area (TPSA) is 78.9 Å². The predicted molar refractivity (Wildman–Crippen MR) is 87.1 cm³/mol. The van der Waals surface area contributed by atoms with Crippen LogP contribution in [0.1, 0.15) is 25.8 Å². The molecule has 1 saturated heterocycles. The van der Waals surface area contributed by atoms with Crippen LogP contribution < -0.4 is 5.32 Å². The van der Waals surface area contributed by atoms with Crippen LogP contribution in [-0.4, -0.2) is 47.3 Å². The molecule has 2 N–H and O–H groups in total. The highest BCUT2D eigenvalue weighted by atomic mass is 16.6. The van der Waals surface area contributed by atoms with E-state index in [0.29, 0.717) is 5.69 Å². The van der Waals surface area contributed by atoms with Crippen LogP contribution in [0.3, 0.4) is 0 Å². The number of aliphatic hydroxyl groups excluding tert-OH is 1. The molecular weight excluding hydrogens is 296 g/mol. The monoisotopic (exact) mass is 320 g/mol. The number of anilines is 1. The Balaban J connectivity index is 2.05. The lowest BCUT2D eigenvalue weighted by Crippen LogP contribution is -2.43. The van der Waals surface area contributed by atoms with E-state index in [0.717, 1.165) is 5.56 Å². The summed E-state index contributed by atoms with van der Waals surface area (Å²) in [6.07, 6.45) is -1.05. The largest absolute Gasteiger partial charge is 0.449 e. The van der Waals surface area contributed by atoms with Gasteiger partial charge in [-0.1, -0.05) is 32.0 Å². The molecule has 2 rings (SSSR count). The normalized spacial score (nSPS) is 20.7. The first-order valence-electron chi connectivity index (χ1n) is 7.86. The smallest absolute Gasteiger partial charge is 0.410 e. The minimum atomic E-state index is -0.718. The molecule has 0 aromatic heterocycles. The second-order valence-corrected chi connectivity index (χ2v) is 6.33. The Hall–Kier alpha value is -2.08. The quantitative estimate of drug-likeness (QED) is 0.891. The number of hydrogen-bond donors (Lipinski definition) is 2. The van der Waals surface area contributed by atoms with E-state index < -0.39 is 18.2 Å². The van der Waals surface area contributed by atoms with Crippen LogP contribution in [-0.2, 0) is 9.53 Å². The SMILES string of the molecule is Cc1ccccc1NC(=O)[C@H]1C[C@@H](O)CN1C(=O)OCC(C)C. The van der Waals surface area contributed by atoms with E-state index >= 15 is 0 Å². The Kier molecular flexibility index (Phi) is 5.60. The van der Waals surface area contributed by atoms with Crippen LogP contribution in [0.5, 0.6) is 0 Å². The van der Waals surface area contributed by atoms with Crippen LogP contribution in [0.2, 0.25) is 0 Å². The minimum absolute atomic E-state index is 0.114. The molecule has 1 fully saturated rings. The maximum atomic E-state index is 12.5. The summed E-state index contributed by atoms with van der Waals surface area (Å²) in [5.41, 5.74) is 1.64. The van der Waals surface area contributed by atoms with Crippen LogP contribution in [0.25, 0.3) is 0 Å². The first-order chi connectivity index (χ1) is 10.9. The average Bonchev–Trinajstić information content (AvgIpc) is 2.89. The van der Waals surface area contributed by atoms with Gasteiger partial charge in [0, 0.05) is 12.1 Å². The number of carbonyl (C=O) groups is 2. The van der Waals surface area contributed by atoms with Gasteiger partial charge in [0.2, 0.25) is 5.91 Å². The maximum Gasteiger partial charge on any atom is 0.410 e. The second-order valence-electron chi connectivity index (χ2n) is 6.33. The number of hydrogen-bond acceptors (Lipinski definition) is 4. The lowest BCUT2D eigenvalue weighted by molar-refractivity contribution is -0.120. The van der Waals surface area contributed by atoms with Crippen LogP contribution >= 0.6 is 0 Å². The van der Waals surface area contributed by atoms with Gasteiger partial charge < -0.3 is 15.2 Å². The van der Waals surface area contributed by atoms with Crippen LogP contribution in [0.15, 0.2) is 24.3 Å². The van der Waals surface area contributed by atoms with Gasteiger partial charge in [0.25, 0.3) is 0 Å². The van der Waals surface area contributed by atoms with E-state index in [1.54, 1.807) is 6.07 Å². The number of carbonyl (C=O) groups excluding carboxylic acids is 2. The fraction of sp³-hybridized carbons (Fsp3) is 0.529. The fourth-order valence-corrected chi connectivity index (χ4v) is 2.51. The number of aliphatic hydroxyl groups is 1. The maximum absolute atomic E-state index is 12.5. The highest BCUT2D eigenvalue weighted by molar-refractivity contribution is 5.97. The van der Waals surface area contributed by atoms with Gasteiger partial charge >= 0.3 is 6.09 Å². The zero-order chi connectivity index (χ0) is 17.0. The molecule has 6 heteroatoms. The fourth-order valence-electron chi connectivity index (χ4n) is 2.51. The van der Waals surface area contributed by atoms with Gasteiger partial charge in [0.05, 0.1) is 19.3 Å². The van der Waals surface area contributed by atoms with Gasteiger partial charge in [-0.3, -0.25) is 9.69 Å². The van der Waals surface area contributed by atoms with Gasteiger partial charge in [-0.05, 0) is 24.5 Å². The number of nitrogens with one attached hydrogen (secondary N) is 1. The molecule has 2 atom stereocenters. The molecule has 1 aliphatic rings. The van der Waals surface area contributed by atoms with Crippen molar-refractivity contribution < 1.29 is 19.4 Å². The number of likely N-dealkylation sites (tertiary alicyclic amines) is 1. The lowest BCUT2D eigenvalue weighted by Gasteiger charge is -2.23. The van der Waals surface area contributed by atoms with Crippen molar-refractivity contribution in [1.29, 1.82) is 0 Å². The van der Waals surface area contributed by atoms with Gasteiger partial charge in [-0.25, -0.2) is 4.79 Å². The number of aryl methyl sites for hydroxylation is 1. The lowest BCUT2D eigenvalue weighted by atomic mass is 10.1. The average molecular weight is 320 g/mol. The molecule has 0 saturated carbocycles. The molecule has 1 aliphatic heterocycles. The zero-order valence-electron chi connectivity index (χ0n) is 13.8. The number of β-amino-alcohol motifs (C(OH)–C–C–N with tert-alkyl or cyclic N) is 1. The molecule has 0 radical (unpaired) electrons. The van der Waals surface area contributed by atoms with Crippen molar-refractivity contribution in [1.82, 2.24) is 4.90 Å². The summed E-state index contributed by atoms with van der Waals surface area (Å²) in [6.45, 7) is 6.18. The third kappa shape index (κ3) is 4.45. The molecular formula is C17H24N2O4. The minimum Gasteiger partial charge on any atom is -0.449 e. The van der Waals surface area contributed by atoms with E-state index in [1.165, 1.54) is 4.90 Å². The number of benzene rings is 1. The van der Waals surface area contributed by atoms with E-state index in [4.69, 9.17) is 4.74 Å². The van der Waals surface area contributed by atoms with Crippen molar-refractivity contribution in [3.05, 3.63) is 29.8 Å². The summed E-state index contributed by atoms with van der Waals surface area (Å²) in [6, 6.07) is 6.71. The second kappa shape index (κ2) is 7.46. The Morgan fingerprint density at radius 2 is 2.09 bits per heavy atom. The first kappa shape index (κ1) is 17.3. The molecule has 1 aromatic carbocycles. The Morgan fingerprint density at radius 1 is 1.39 bits per heavy atom. The van der Waals surface area contributed by atoms with Gasteiger partial charge in [0.15, 0.2) is 0 Å². The summed E-state index contributed by atoms with van der Waals surface area (Å²) in [7, 11) is 0. The van der Waals surface area contributed by atoms with Crippen LogP contribution in [0.4, 0.5) is 10.5 Å². The molecule has 23 heavy (non-hydrogen) atoms. The van der Waals surface area contributed by atoms with Crippen molar-refractivity contribution in [3.8, 4) is 0 Å². The van der Waals surface area contributed by atoms with Crippen molar-refractivity contribution in [3.63, 3.8) is 0 Å². The molecule has 0 spiro atoms. The van der Waals surface area contributed by atoms with E-state index in [1.807, 2.05) is 39.0 Å². The van der Waals surface area contributed by atoms with E-state index in [2.05, 4.69) is 5.32 Å². The summed E-state index contributed by atoms with van der Waals surface area (Å²) in [4.78, 5) is 25.9. The molecule has 2 amide bonds. The van der Waals surface area contributed by atoms with Crippen molar-refractivity contribution in [2.24, 2.45) is 5.92 Å². The predicted octanol–water partition coefficient (Wildman–Crippen LogP) is 2.16. The Labute approximate surface area is 136 Å². The highest BCUT2D eigenvalue weighted by Gasteiger charge is 2.40. The molecule has 0 bridgehead atoms. The Bertz CT molecular complexity index is 573. The van der Waals surface area contributed by atoms with Gasteiger partial charge in [0.1, 0.15) is 6.04 Å². The number of nitrogens with zero attached hydrogens (tertiary/aromatic N) is 1.